The van der Waals surface area contributed by atoms with Gasteiger partial charge in [0.05, 0.1) is 0 Å². The van der Waals surface area contributed by atoms with Gasteiger partial charge in [-0.25, -0.2) is 0 Å². The lowest BCUT2D eigenvalue weighted by molar-refractivity contribution is 0.0939. The molecule has 0 saturated carbocycles. The number of Topliss-reactive ketones (excluding diaryl/α,β-unsaturated/α-hetero) is 1. The number of carbonyl (C=O) groups is 1. The van der Waals surface area contributed by atoms with Gasteiger partial charge in [-0.3, -0.25) is 4.79 Å². The number of carbonyl (C=O) groups excluding carboxylic acids is 1. The largest absolute Gasteiger partial charge is 0.372 e. The Balaban J connectivity index is 0.00000242. The molecule has 0 amide bonds. The second-order valence-electron chi connectivity index (χ2n) is 7.13. The second kappa shape index (κ2) is 8.36. The van der Waals surface area contributed by atoms with Crippen LogP contribution in [0.3, 0.4) is 0 Å². The first-order valence-electron chi connectivity index (χ1n) is 8.36. The van der Waals surface area contributed by atoms with E-state index in [-0.39, 0.29) is 19.1 Å². The van der Waals surface area contributed by atoms with Gasteiger partial charge in [0.15, 0.2) is 5.78 Å². The van der Waals surface area contributed by atoms with Gasteiger partial charge in [-0.1, -0.05) is 35.1 Å². The van der Waals surface area contributed by atoms with E-state index in [4.69, 9.17) is 0 Å². The standard InChI is InChI=1S/C19H29NO.CH4/c1-14(2)13-16-9-11-20(12-10-16)18-7-5-17(6-8-18)19(21)15(3)4;/h5-8,14-16H,9-13H2,1-4H3;1H4. The number of ketones is 1. The quantitative estimate of drug-likeness (QED) is 0.677. The summed E-state index contributed by atoms with van der Waals surface area (Å²) in [6.07, 6.45) is 3.95. The van der Waals surface area contributed by atoms with Crippen LogP contribution in [0.15, 0.2) is 24.3 Å². The molecule has 0 bridgehead atoms. The van der Waals surface area contributed by atoms with Crippen LogP contribution in [0.25, 0.3) is 0 Å². The molecule has 2 rings (SSSR count). The maximum Gasteiger partial charge on any atom is 0.165 e. The van der Waals surface area contributed by atoms with Crippen LogP contribution in [-0.2, 0) is 0 Å². The molecule has 124 valence electrons. The van der Waals surface area contributed by atoms with Crippen LogP contribution in [0.2, 0.25) is 0 Å². The molecule has 0 N–H and O–H groups in total. The molecule has 1 aromatic carbocycles. The fourth-order valence-corrected chi connectivity index (χ4v) is 3.26. The van der Waals surface area contributed by atoms with Crippen LogP contribution < -0.4 is 4.90 Å². The predicted octanol–water partition coefficient (Wildman–Crippen LogP) is 5.42. The maximum absolute atomic E-state index is 12.0. The van der Waals surface area contributed by atoms with Gasteiger partial charge in [0.25, 0.3) is 0 Å². The molecular formula is C20H33NO. The Hall–Kier alpha value is -1.31. The molecular weight excluding hydrogens is 270 g/mol. The molecule has 0 atom stereocenters. The molecule has 1 heterocycles. The highest BCUT2D eigenvalue weighted by atomic mass is 16.1. The number of piperidine rings is 1. The van der Waals surface area contributed by atoms with E-state index in [9.17, 15) is 4.79 Å². The molecule has 2 nitrogen and oxygen atoms in total. The topological polar surface area (TPSA) is 20.3 Å². The van der Waals surface area contributed by atoms with Crippen molar-refractivity contribution in [3.05, 3.63) is 29.8 Å². The smallest absolute Gasteiger partial charge is 0.165 e. The number of rotatable bonds is 5. The van der Waals surface area contributed by atoms with E-state index in [2.05, 4.69) is 30.9 Å². The van der Waals surface area contributed by atoms with Crippen molar-refractivity contribution in [1.82, 2.24) is 0 Å². The first-order chi connectivity index (χ1) is 9.97. The third kappa shape index (κ3) is 4.86. The third-order valence-corrected chi connectivity index (χ3v) is 4.46. The minimum Gasteiger partial charge on any atom is -0.372 e. The molecule has 0 aromatic heterocycles. The highest BCUT2D eigenvalue weighted by Gasteiger charge is 2.20. The van der Waals surface area contributed by atoms with E-state index in [0.717, 1.165) is 30.5 Å². The molecule has 0 unspecified atom stereocenters. The lowest BCUT2D eigenvalue weighted by Crippen LogP contribution is -2.34. The number of anilines is 1. The molecule has 1 aliphatic rings. The van der Waals surface area contributed by atoms with E-state index < -0.39 is 0 Å². The Morgan fingerprint density at radius 2 is 1.64 bits per heavy atom. The van der Waals surface area contributed by atoms with E-state index >= 15 is 0 Å². The van der Waals surface area contributed by atoms with Gasteiger partial charge in [0, 0.05) is 30.3 Å². The van der Waals surface area contributed by atoms with Gasteiger partial charge in [-0.2, -0.15) is 0 Å². The van der Waals surface area contributed by atoms with Crippen LogP contribution in [0.1, 0.15) is 64.7 Å². The van der Waals surface area contributed by atoms with Gasteiger partial charge in [-0.05, 0) is 55.4 Å². The summed E-state index contributed by atoms with van der Waals surface area (Å²) in [5.41, 5.74) is 2.10. The normalized spacial score (nSPS) is 16.0. The molecule has 1 aliphatic heterocycles. The summed E-state index contributed by atoms with van der Waals surface area (Å²) in [7, 11) is 0. The molecule has 1 aromatic rings. The SMILES string of the molecule is C.CC(C)CC1CCN(c2ccc(C(=O)C(C)C)cc2)CC1. The highest BCUT2D eigenvalue weighted by molar-refractivity contribution is 5.97. The van der Waals surface area contributed by atoms with Crippen molar-refractivity contribution < 1.29 is 4.79 Å². The fourth-order valence-electron chi connectivity index (χ4n) is 3.26. The molecule has 0 aliphatic carbocycles. The van der Waals surface area contributed by atoms with Gasteiger partial charge >= 0.3 is 0 Å². The summed E-state index contributed by atoms with van der Waals surface area (Å²) in [5.74, 6) is 2.01. The lowest BCUT2D eigenvalue weighted by atomic mass is 9.88. The molecule has 0 spiro atoms. The van der Waals surface area contributed by atoms with Crippen LogP contribution >= 0.6 is 0 Å². The summed E-state index contributed by atoms with van der Waals surface area (Å²) in [6.45, 7) is 10.8. The molecule has 1 fully saturated rings. The van der Waals surface area contributed by atoms with Gasteiger partial charge in [0.1, 0.15) is 0 Å². The Morgan fingerprint density at radius 1 is 1.09 bits per heavy atom. The van der Waals surface area contributed by atoms with Crippen molar-refractivity contribution in [2.45, 2.75) is 54.4 Å². The van der Waals surface area contributed by atoms with E-state index in [1.54, 1.807) is 0 Å². The molecule has 1 saturated heterocycles. The zero-order valence-electron chi connectivity index (χ0n) is 13.9. The Morgan fingerprint density at radius 3 is 2.09 bits per heavy atom. The van der Waals surface area contributed by atoms with Crippen molar-refractivity contribution in [3.8, 4) is 0 Å². The number of hydrogen-bond acceptors (Lipinski definition) is 2. The zero-order chi connectivity index (χ0) is 15.4. The zero-order valence-corrected chi connectivity index (χ0v) is 13.9. The number of benzene rings is 1. The third-order valence-electron chi connectivity index (χ3n) is 4.46. The average Bonchev–Trinajstić information content (AvgIpc) is 2.47. The average molecular weight is 303 g/mol. The van der Waals surface area contributed by atoms with Crippen molar-refractivity contribution in [3.63, 3.8) is 0 Å². The van der Waals surface area contributed by atoms with Crippen molar-refractivity contribution >= 4 is 11.5 Å². The van der Waals surface area contributed by atoms with Gasteiger partial charge < -0.3 is 4.90 Å². The Labute approximate surface area is 136 Å². The summed E-state index contributed by atoms with van der Waals surface area (Å²) in [4.78, 5) is 14.4. The maximum atomic E-state index is 12.0. The summed E-state index contributed by atoms with van der Waals surface area (Å²) in [6, 6.07) is 8.19. The van der Waals surface area contributed by atoms with E-state index in [0.29, 0.717) is 0 Å². The van der Waals surface area contributed by atoms with E-state index in [1.165, 1.54) is 24.9 Å². The highest BCUT2D eigenvalue weighted by Crippen LogP contribution is 2.27. The first kappa shape index (κ1) is 18.7. The van der Waals surface area contributed by atoms with Crippen molar-refractivity contribution in [2.24, 2.45) is 17.8 Å². The molecule has 22 heavy (non-hydrogen) atoms. The lowest BCUT2D eigenvalue weighted by Gasteiger charge is -2.34. The van der Waals surface area contributed by atoms with E-state index in [1.807, 2.05) is 26.0 Å². The predicted molar refractivity (Wildman–Crippen MR) is 96.7 cm³/mol. The van der Waals surface area contributed by atoms with Crippen LogP contribution in [0.5, 0.6) is 0 Å². The fraction of sp³-hybridized carbons (Fsp3) is 0.650. The summed E-state index contributed by atoms with van der Waals surface area (Å²) < 4.78 is 0. The minimum atomic E-state index is 0. The van der Waals surface area contributed by atoms with Crippen LogP contribution in [0, 0.1) is 17.8 Å². The molecule has 2 heteroatoms. The number of nitrogens with zero attached hydrogens (tertiary/aromatic N) is 1. The minimum absolute atomic E-state index is 0. The summed E-state index contributed by atoms with van der Waals surface area (Å²) >= 11 is 0. The monoisotopic (exact) mass is 303 g/mol. The first-order valence-corrected chi connectivity index (χ1v) is 8.36. The Bertz CT molecular complexity index is 453. The van der Waals surface area contributed by atoms with Crippen molar-refractivity contribution in [2.75, 3.05) is 18.0 Å². The Kier molecular flexibility index (Phi) is 7.12. The van der Waals surface area contributed by atoms with Gasteiger partial charge in [-0.15, -0.1) is 0 Å². The number of hydrogen-bond donors (Lipinski definition) is 0. The van der Waals surface area contributed by atoms with Gasteiger partial charge in [0.2, 0.25) is 0 Å². The van der Waals surface area contributed by atoms with Crippen LogP contribution in [-0.4, -0.2) is 18.9 Å². The van der Waals surface area contributed by atoms with Crippen molar-refractivity contribution in [1.29, 1.82) is 0 Å². The van der Waals surface area contributed by atoms with Crippen LogP contribution in [0.4, 0.5) is 5.69 Å². The second-order valence-corrected chi connectivity index (χ2v) is 7.13. The molecule has 0 radical (unpaired) electrons. The summed E-state index contributed by atoms with van der Waals surface area (Å²) in [5, 5.41) is 0.